The number of benzene rings is 1. The van der Waals surface area contributed by atoms with E-state index in [0.717, 1.165) is 28.1 Å². The van der Waals surface area contributed by atoms with E-state index in [1.165, 1.54) is 0 Å². The fraction of sp³-hybridized carbons (Fsp3) is 0.125. The molecule has 0 bridgehead atoms. The number of hydrogen-bond acceptors (Lipinski definition) is 4. The van der Waals surface area contributed by atoms with Crippen molar-refractivity contribution in [2.75, 3.05) is 5.32 Å². The van der Waals surface area contributed by atoms with Crippen molar-refractivity contribution in [2.24, 2.45) is 0 Å². The standard InChI is InChI=1S/C16H16N4O/c1-11-4-5-14(7-15(11)21)18-9-13-10-19-20-16(13)12-3-2-6-17-8-12/h2-8,10,18,21H,9H2,1H3,(H,19,20). The van der Waals surface area contributed by atoms with Crippen LogP contribution in [0.15, 0.2) is 48.9 Å². The Morgan fingerprint density at radius 1 is 1.24 bits per heavy atom. The molecule has 2 aromatic heterocycles. The van der Waals surface area contributed by atoms with E-state index in [0.29, 0.717) is 12.3 Å². The number of hydrogen-bond donors (Lipinski definition) is 3. The van der Waals surface area contributed by atoms with Gasteiger partial charge in [-0.3, -0.25) is 10.1 Å². The molecule has 106 valence electrons. The molecular weight excluding hydrogens is 264 g/mol. The molecule has 3 rings (SSSR count). The third-order valence-corrected chi connectivity index (χ3v) is 3.36. The van der Waals surface area contributed by atoms with E-state index in [-0.39, 0.29) is 0 Å². The highest BCUT2D eigenvalue weighted by molar-refractivity contribution is 5.62. The van der Waals surface area contributed by atoms with Crippen LogP contribution >= 0.6 is 0 Å². The average molecular weight is 280 g/mol. The van der Waals surface area contributed by atoms with Crippen molar-refractivity contribution < 1.29 is 5.11 Å². The van der Waals surface area contributed by atoms with Crippen molar-refractivity contribution in [3.05, 3.63) is 60.0 Å². The smallest absolute Gasteiger partial charge is 0.120 e. The molecule has 0 saturated heterocycles. The summed E-state index contributed by atoms with van der Waals surface area (Å²) in [5, 5.41) is 20.1. The molecule has 0 fully saturated rings. The van der Waals surface area contributed by atoms with Gasteiger partial charge in [0.05, 0.1) is 11.9 Å². The van der Waals surface area contributed by atoms with Gasteiger partial charge in [0.1, 0.15) is 5.75 Å². The second-order valence-electron chi connectivity index (χ2n) is 4.87. The van der Waals surface area contributed by atoms with E-state index < -0.39 is 0 Å². The van der Waals surface area contributed by atoms with Gasteiger partial charge >= 0.3 is 0 Å². The number of anilines is 1. The van der Waals surface area contributed by atoms with Gasteiger partial charge in [-0.15, -0.1) is 0 Å². The molecule has 5 heteroatoms. The average Bonchev–Trinajstić information content (AvgIpc) is 2.98. The molecule has 0 spiro atoms. The van der Waals surface area contributed by atoms with Crippen LogP contribution in [0, 0.1) is 6.92 Å². The third kappa shape index (κ3) is 2.86. The Kier molecular flexibility index (Phi) is 3.55. The maximum absolute atomic E-state index is 9.72. The monoisotopic (exact) mass is 280 g/mol. The number of nitrogens with one attached hydrogen (secondary N) is 2. The molecule has 0 atom stereocenters. The van der Waals surface area contributed by atoms with Gasteiger partial charge in [-0.05, 0) is 30.7 Å². The molecule has 0 amide bonds. The summed E-state index contributed by atoms with van der Waals surface area (Å²) in [6, 6.07) is 9.43. The summed E-state index contributed by atoms with van der Waals surface area (Å²) in [7, 11) is 0. The van der Waals surface area contributed by atoms with Gasteiger partial charge in [0.25, 0.3) is 0 Å². The summed E-state index contributed by atoms with van der Waals surface area (Å²) >= 11 is 0. The molecule has 3 aromatic rings. The third-order valence-electron chi connectivity index (χ3n) is 3.36. The molecule has 5 nitrogen and oxygen atoms in total. The normalized spacial score (nSPS) is 10.5. The molecule has 0 unspecified atom stereocenters. The Morgan fingerprint density at radius 3 is 2.90 bits per heavy atom. The molecular formula is C16H16N4O. The number of pyridine rings is 1. The number of nitrogens with zero attached hydrogens (tertiary/aromatic N) is 2. The Labute approximate surface area is 122 Å². The number of aromatic nitrogens is 3. The van der Waals surface area contributed by atoms with Crippen LogP contribution in [0.5, 0.6) is 5.75 Å². The topological polar surface area (TPSA) is 73.8 Å². The highest BCUT2D eigenvalue weighted by atomic mass is 16.3. The molecule has 0 radical (unpaired) electrons. The van der Waals surface area contributed by atoms with E-state index >= 15 is 0 Å². The van der Waals surface area contributed by atoms with Crippen LogP contribution in [-0.2, 0) is 6.54 Å². The Balaban J connectivity index is 1.77. The first-order valence-corrected chi connectivity index (χ1v) is 6.70. The van der Waals surface area contributed by atoms with Crippen LogP contribution in [0.4, 0.5) is 5.69 Å². The number of aromatic hydroxyl groups is 1. The minimum absolute atomic E-state index is 0.291. The fourth-order valence-corrected chi connectivity index (χ4v) is 2.12. The summed E-state index contributed by atoms with van der Waals surface area (Å²) in [5.74, 6) is 0.291. The summed E-state index contributed by atoms with van der Waals surface area (Å²) in [5.41, 5.74) is 4.73. The number of phenolic OH excluding ortho intramolecular Hbond substituents is 1. The van der Waals surface area contributed by atoms with Gasteiger partial charge in [-0.1, -0.05) is 6.07 Å². The SMILES string of the molecule is Cc1ccc(NCc2cn[nH]c2-c2cccnc2)cc1O. The van der Waals surface area contributed by atoms with Crippen molar-refractivity contribution >= 4 is 5.69 Å². The van der Waals surface area contributed by atoms with E-state index in [2.05, 4.69) is 20.5 Å². The number of rotatable bonds is 4. The molecule has 3 N–H and O–H groups in total. The number of phenols is 1. The summed E-state index contributed by atoms with van der Waals surface area (Å²) in [6.07, 6.45) is 5.34. The maximum Gasteiger partial charge on any atom is 0.120 e. The van der Waals surface area contributed by atoms with Gasteiger partial charge in [-0.25, -0.2) is 0 Å². The molecule has 0 aliphatic carbocycles. The van der Waals surface area contributed by atoms with Crippen molar-refractivity contribution in [1.29, 1.82) is 0 Å². The minimum atomic E-state index is 0.291. The van der Waals surface area contributed by atoms with Crippen LogP contribution < -0.4 is 5.32 Å². The molecule has 1 aromatic carbocycles. The van der Waals surface area contributed by atoms with Crippen LogP contribution in [0.2, 0.25) is 0 Å². The largest absolute Gasteiger partial charge is 0.508 e. The highest BCUT2D eigenvalue weighted by Crippen LogP contribution is 2.23. The molecule has 0 aliphatic rings. The minimum Gasteiger partial charge on any atom is -0.508 e. The maximum atomic E-state index is 9.72. The second kappa shape index (κ2) is 5.66. The van der Waals surface area contributed by atoms with Crippen LogP contribution in [0.3, 0.4) is 0 Å². The van der Waals surface area contributed by atoms with E-state index in [4.69, 9.17) is 0 Å². The lowest BCUT2D eigenvalue weighted by molar-refractivity contribution is 0.471. The highest BCUT2D eigenvalue weighted by Gasteiger charge is 2.07. The number of aromatic amines is 1. The molecule has 0 aliphatic heterocycles. The van der Waals surface area contributed by atoms with E-state index in [1.54, 1.807) is 24.7 Å². The first-order valence-electron chi connectivity index (χ1n) is 6.70. The lowest BCUT2D eigenvalue weighted by Gasteiger charge is -2.08. The first kappa shape index (κ1) is 13.2. The summed E-state index contributed by atoms with van der Waals surface area (Å²) in [4.78, 5) is 4.12. The lowest BCUT2D eigenvalue weighted by atomic mass is 10.1. The lowest BCUT2D eigenvalue weighted by Crippen LogP contribution is -2.00. The predicted octanol–water partition coefficient (Wildman–Crippen LogP) is 3.10. The van der Waals surface area contributed by atoms with Crippen molar-refractivity contribution in [3.63, 3.8) is 0 Å². The van der Waals surface area contributed by atoms with Crippen molar-refractivity contribution in [1.82, 2.24) is 15.2 Å². The van der Waals surface area contributed by atoms with E-state index in [9.17, 15) is 5.11 Å². The number of aryl methyl sites for hydroxylation is 1. The zero-order chi connectivity index (χ0) is 14.7. The first-order chi connectivity index (χ1) is 10.2. The summed E-state index contributed by atoms with van der Waals surface area (Å²) < 4.78 is 0. The zero-order valence-corrected chi connectivity index (χ0v) is 11.7. The zero-order valence-electron chi connectivity index (χ0n) is 11.7. The van der Waals surface area contributed by atoms with Gasteiger partial charge in [0, 0.05) is 41.8 Å². The van der Waals surface area contributed by atoms with Gasteiger partial charge < -0.3 is 10.4 Å². The van der Waals surface area contributed by atoms with E-state index in [1.807, 2.05) is 31.2 Å². The van der Waals surface area contributed by atoms with Gasteiger partial charge in [0.2, 0.25) is 0 Å². The van der Waals surface area contributed by atoms with Gasteiger partial charge in [-0.2, -0.15) is 5.10 Å². The predicted molar refractivity (Wildman–Crippen MR) is 82.0 cm³/mol. The van der Waals surface area contributed by atoms with Crippen LogP contribution in [-0.4, -0.2) is 20.3 Å². The quantitative estimate of drug-likeness (QED) is 0.686. The van der Waals surface area contributed by atoms with Crippen LogP contribution in [0.25, 0.3) is 11.3 Å². The van der Waals surface area contributed by atoms with Crippen molar-refractivity contribution in [3.8, 4) is 17.0 Å². The van der Waals surface area contributed by atoms with Gasteiger partial charge in [0.15, 0.2) is 0 Å². The Morgan fingerprint density at radius 2 is 2.14 bits per heavy atom. The fourth-order valence-electron chi connectivity index (χ4n) is 2.12. The number of H-pyrrole nitrogens is 1. The Hall–Kier alpha value is -2.82. The Bertz CT molecular complexity index is 737. The van der Waals surface area contributed by atoms with Crippen molar-refractivity contribution in [2.45, 2.75) is 13.5 Å². The molecule has 0 saturated carbocycles. The molecule has 21 heavy (non-hydrogen) atoms. The molecule has 2 heterocycles. The van der Waals surface area contributed by atoms with Crippen LogP contribution in [0.1, 0.15) is 11.1 Å². The second-order valence-corrected chi connectivity index (χ2v) is 4.87. The summed E-state index contributed by atoms with van der Waals surface area (Å²) in [6.45, 7) is 2.49.